The summed E-state index contributed by atoms with van der Waals surface area (Å²) in [5.41, 5.74) is 4.12. The maximum atomic E-state index is 5.76. The molecule has 4 heteroatoms. The average Bonchev–Trinajstić information content (AvgIpc) is 3.67. The molecule has 28 heavy (non-hydrogen) atoms. The van der Waals surface area contributed by atoms with Crippen LogP contribution in [0.5, 0.6) is 11.5 Å². The van der Waals surface area contributed by atoms with Crippen molar-refractivity contribution >= 4 is 5.57 Å². The van der Waals surface area contributed by atoms with Gasteiger partial charge in [0.15, 0.2) is 0 Å². The summed E-state index contributed by atoms with van der Waals surface area (Å²) >= 11 is 0. The summed E-state index contributed by atoms with van der Waals surface area (Å²) in [6.45, 7) is 2.96. The molecule has 0 bridgehead atoms. The molecule has 0 N–H and O–H groups in total. The summed E-state index contributed by atoms with van der Waals surface area (Å²) in [7, 11) is 0. The largest absolute Gasteiger partial charge is 0.491 e. The molecule has 2 aliphatic heterocycles. The fourth-order valence-corrected chi connectivity index (χ4v) is 3.74. The van der Waals surface area contributed by atoms with E-state index in [0.717, 1.165) is 37.6 Å². The van der Waals surface area contributed by atoms with Gasteiger partial charge in [-0.1, -0.05) is 30.3 Å². The van der Waals surface area contributed by atoms with Gasteiger partial charge in [0.1, 0.15) is 36.9 Å². The van der Waals surface area contributed by atoms with Gasteiger partial charge in [-0.2, -0.15) is 0 Å². The van der Waals surface area contributed by atoms with Crippen LogP contribution >= 0.6 is 0 Å². The average molecular weight is 378 g/mol. The van der Waals surface area contributed by atoms with Gasteiger partial charge >= 0.3 is 0 Å². The Morgan fingerprint density at radius 3 is 1.93 bits per heavy atom. The fraction of sp³-hybridized carbons (Fsp3) is 0.417. The van der Waals surface area contributed by atoms with Crippen molar-refractivity contribution in [2.75, 3.05) is 26.4 Å². The van der Waals surface area contributed by atoms with E-state index in [1.54, 1.807) is 0 Å². The standard InChI is InChI=1S/C24H26O4/c1-2-19(17-4-8-21(9-5-17)25-13-23-15-27-23)12-20(3-1)18-6-10-22(11-7-18)26-14-24-16-28-24/h2,4-11,20,23-24H,1,3,12-16H2. The number of epoxide rings is 2. The van der Waals surface area contributed by atoms with E-state index >= 15 is 0 Å². The van der Waals surface area contributed by atoms with Gasteiger partial charge < -0.3 is 18.9 Å². The van der Waals surface area contributed by atoms with Crippen LogP contribution in [-0.2, 0) is 9.47 Å². The molecule has 2 saturated heterocycles. The van der Waals surface area contributed by atoms with Gasteiger partial charge in [-0.15, -0.1) is 0 Å². The third kappa shape index (κ3) is 4.57. The van der Waals surface area contributed by atoms with Crippen molar-refractivity contribution in [2.24, 2.45) is 0 Å². The van der Waals surface area contributed by atoms with E-state index < -0.39 is 0 Å². The molecule has 146 valence electrons. The zero-order chi connectivity index (χ0) is 18.8. The van der Waals surface area contributed by atoms with Gasteiger partial charge in [0.05, 0.1) is 13.2 Å². The molecular formula is C24H26O4. The molecule has 2 heterocycles. The van der Waals surface area contributed by atoms with Crippen LogP contribution in [0.4, 0.5) is 0 Å². The Morgan fingerprint density at radius 2 is 1.36 bits per heavy atom. The maximum Gasteiger partial charge on any atom is 0.119 e. The third-order valence-corrected chi connectivity index (χ3v) is 5.63. The molecule has 5 rings (SSSR count). The Hall–Kier alpha value is -2.30. The smallest absolute Gasteiger partial charge is 0.119 e. The molecule has 3 unspecified atom stereocenters. The van der Waals surface area contributed by atoms with E-state index in [0.29, 0.717) is 31.3 Å². The van der Waals surface area contributed by atoms with Crippen molar-refractivity contribution in [3.8, 4) is 11.5 Å². The molecule has 4 nitrogen and oxygen atoms in total. The first-order valence-corrected chi connectivity index (χ1v) is 10.2. The Morgan fingerprint density at radius 1 is 0.786 bits per heavy atom. The molecule has 2 aromatic carbocycles. The fourth-order valence-electron chi connectivity index (χ4n) is 3.74. The second-order valence-corrected chi connectivity index (χ2v) is 7.83. The van der Waals surface area contributed by atoms with E-state index in [1.165, 1.54) is 23.1 Å². The first-order chi connectivity index (χ1) is 13.8. The molecular weight excluding hydrogens is 352 g/mol. The second kappa shape index (κ2) is 7.98. The lowest BCUT2D eigenvalue weighted by atomic mass is 9.81. The normalized spacial score (nSPS) is 25.7. The minimum atomic E-state index is 0.292. The minimum absolute atomic E-state index is 0.292. The molecule has 3 atom stereocenters. The highest BCUT2D eigenvalue weighted by Gasteiger charge is 2.24. The summed E-state index contributed by atoms with van der Waals surface area (Å²) in [5, 5.41) is 0. The highest BCUT2D eigenvalue weighted by atomic mass is 16.6. The third-order valence-electron chi connectivity index (χ3n) is 5.63. The van der Waals surface area contributed by atoms with Crippen LogP contribution in [-0.4, -0.2) is 38.6 Å². The van der Waals surface area contributed by atoms with Gasteiger partial charge in [0.2, 0.25) is 0 Å². The number of hydrogen-bond acceptors (Lipinski definition) is 4. The van der Waals surface area contributed by atoms with E-state index in [2.05, 4.69) is 54.6 Å². The first-order valence-electron chi connectivity index (χ1n) is 10.2. The van der Waals surface area contributed by atoms with Crippen LogP contribution < -0.4 is 9.47 Å². The van der Waals surface area contributed by atoms with Crippen molar-refractivity contribution in [3.05, 3.63) is 65.7 Å². The summed E-state index contributed by atoms with van der Waals surface area (Å²) in [4.78, 5) is 0. The number of allylic oxidation sites excluding steroid dienone is 2. The van der Waals surface area contributed by atoms with Gasteiger partial charge in [-0.25, -0.2) is 0 Å². The van der Waals surface area contributed by atoms with E-state index in [-0.39, 0.29) is 0 Å². The van der Waals surface area contributed by atoms with Crippen LogP contribution in [0.25, 0.3) is 5.57 Å². The van der Waals surface area contributed by atoms with E-state index in [4.69, 9.17) is 18.9 Å². The van der Waals surface area contributed by atoms with Crippen molar-refractivity contribution in [3.63, 3.8) is 0 Å². The maximum absolute atomic E-state index is 5.76. The number of rotatable bonds is 8. The van der Waals surface area contributed by atoms with Crippen LogP contribution in [0.2, 0.25) is 0 Å². The molecule has 0 amide bonds. The van der Waals surface area contributed by atoms with Crippen molar-refractivity contribution in [1.29, 1.82) is 0 Å². The predicted octanol–water partition coefficient (Wildman–Crippen LogP) is 4.59. The van der Waals surface area contributed by atoms with Gasteiger partial charge in [0, 0.05) is 0 Å². The zero-order valence-electron chi connectivity index (χ0n) is 16.0. The molecule has 0 aromatic heterocycles. The molecule has 0 spiro atoms. The predicted molar refractivity (Wildman–Crippen MR) is 108 cm³/mol. The lowest BCUT2D eigenvalue weighted by Crippen LogP contribution is -2.06. The highest BCUT2D eigenvalue weighted by Crippen LogP contribution is 2.38. The van der Waals surface area contributed by atoms with Gasteiger partial charge in [-0.3, -0.25) is 0 Å². The monoisotopic (exact) mass is 378 g/mol. The summed E-state index contributed by atoms with van der Waals surface area (Å²) in [6.07, 6.45) is 6.37. The van der Waals surface area contributed by atoms with Crippen LogP contribution in [0.1, 0.15) is 36.3 Å². The van der Waals surface area contributed by atoms with Crippen molar-refractivity contribution < 1.29 is 18.9 Å². The molecule has 2 aromatic rings. The van der Waals surface area contributed by atoms with Crippen LogP contribution in [0.3, 0.4) is 0 Å². The number of benzene rings is 2. The van der Waals surface area contributed by atoms with Crippen molar-refractivity contribution in [1.82, 2.24) is 0 Å². The Bertz CT molecular complexity index is 817. The molecule has 2 fully saturated rings. The quantitative estimate of drug-likeness (QED) is 0.630. The molecule has 0 saturated carbocycles. The molecule has 1 aliphatic carbocycles. The number of ether oxygens (including phenoxy) is 4. The van der Waals surface area contributed by atoms with Gasteiger partial charge in [0.25, 0.3) is 0 Å². The SMILES string of the molecule is C1=C(c2ccc(OCC3CO3)cc2)CC(c2ccc(OCC3CO3)cc2)CC1. The van der Waals surface area contributed by atoms with E-state index in [9.17, 15) is 0 Å². The lowest BCUT2D eigenvalue weighted by molar-refractivity contribution is 0.263. The number of hydrogen-bond donors (Lipinski definition) is 0. The minimum Gasteiger partial charge on any atom is -0.491 e. The molecule has 3 aliphatic rings. The first kappa shape index (κ1) is 17.8. The zero-order valence-corrected chi connectivity index (χ0v) is 16.0. The van der Waals surface area contributed by atoms with E-state index in [1.807, 2.05) is 0 Å². The molecule has 0 radical (unpaired) electrons. The topological polar surface area (TPSA) is 43.5 Å². The van der Waals surface area contributed by atoms with Gasteiger partial charge in [-0.05, 0) is 66.1 Å². The summed E-state index contributed by atoms with van der Waals surface area (Å²) in [6, 6.07) is 17.1. The summed E-state index contributed by atoms with van der Waals surface area (Å²) < 4.78 is 21.9. The summed E-state index contributed by atoms with van der Waals surface area (Å²) in [5.74, 6) is 2.40. The van der Waals surface area contributed by atoms with Crippen LogP contribution in [0, 0.1) is 0 Å². The second-order valence-electron chi connectivity index (χ2n) is 7.83. The highest BCUT2D eigenvalue weighted by molar-refractivity contribution is 5.67. The Balaban J connectivity index is 1.19. The lowest BCUT2D eigenvalue weighted by Gasteiger charge is -2.24. The van der Waals surface area contributed by atoms with Crippen LogP contribution in [0.15, 0.2) is 54.6 Å². The Labute approximate surface area is 166 Å². The Kier molecular flexibility index (Phi) is 5.06. The van der Waals surface area contributed by atoms with Crippen molar-refractivity contribution in [2.45, 2.75) is 37.4 Å².